The van der Waals surface area contributed by atoms with E-state index in [1.807, 2.05) is 0 Å². The van der Waals surface area contributed by atoms with Crippen LogP contribution >= 0.6 is 11.1 Å². The van der Waals surface area contributed by atoms with E-state index in [-0.39, 0.29) is 8.83 Å². The van der Waals surface area contributed by atoms with E-state index in [2.05, 4.69) is 0 Å². The van der Waals surface area contributed by atoms with Crippen LogP contribution in [0.1, 0.15) is 70.6 Å². The van der Waals surface area contributed by atoms with Crippen molar-refractivity contribution in [2.24, 2.45) is 11.8 Å². The molecule has 0 N–H and O–H groups in total. The molecule has 2 atom stereocenters. The van der Waals surface area contributed by atoms with E-state index in [4.69, 9.17) is 11.1 Å². The highest BCUT2D eigenvalue weighted by Crippen LogP contribution is 2.42. The Hall–Kier alpha value is 0.507. The van der Waals surface area contributed by atoms with Crippen molar-refractivity contribution < 1.29 is 0 Å². The van der Waals surface area contributed by atoms with Gasteiger partial charge in [0.2, 0.25) is 0 Å². The van der Waals surface area contributed by atoms with E-state index in [9.17, 15) is 0 Å². The maximum absolute atomic E-state index is 6.35. The minimum absolute atomic E-state index is 0.286. The van der Waals surface area contributed by atoms with Crippen molar-refractivity contribution in [1.29, 1.82) is 0 Å². The van der Waals surface area contributed by atoms with Gasteiger partial charge in [0.1, 0.15) is 8.83 Å². The Morgan fingerprint density at radius 2 is 1.25 bits per heavy atom. The first-order valence-corrected chi connectivity index (χ1v) is 10.4. The molecule has 0 nitrogen and oxygen atoms in total. The Morgan fingerprint density at radius 3 is 1.94 bits per heavy atom. The van der Waals surface area contributed by atoms with Crippen molar-refractivity contribution >= 4 is 19.9 Å². The van der Waals surface area contributed by atoms with Gasteiger partial charge in [-0.1, -0.05) is 70.6 Å². The summed E-state index contributed by atoms with van der Waals surface area (Å²) >= 11 is 6.35. The lowest BCUT2D eigenvalue weighted by Crippen LogP contribution is -2.21. The zero-order valence-corrected chi connectivity index (χ0v) is 12.8. The Balaban J connectivity index is 1.96. The van der Waals surface area contributed by atoms with Crippen molar-refractivity contribution in [1.82, 2.24) is 0 Å². The molecule has 16 heavy (non-hydrogen) atoms. The summed E-state index contributed by atoms with van der Waals surface area (Å²) in [6, 6.07) is 0. The highest BCUT2D eigenvalue weighted by atomic mass is 35.6. The first kappa shape index (κ1) is 13.0. The lowest BCUT2D eigenvalue weighted by Gasteiger charge is -2.31. The molecule has 0 radical (unpaired) electrons. The second-order valence-electron chi connectivity index (χ2n) is 5.97. The molecule has 2 saturated carbocycles. The summed E-state index contributed by atoms with van der Waals surface area (Å²) in [5.41, 5.74) is 0.979. The summed E-state index contributed by atoms with van der Waals surface area (Å²) in [5, 5.41) is 0. The molecule has 0 saturated heterocycles. The number of rotatable bonds is 2. The maximum Gasteiger partial charge on any atom is 0.128 e. The molecule has 2 aliphatic rings. The van der Waals surface area contributed by atoms with Gasteiger partial charge in [-0.25, -0.2) is 0 Å². The van der Waals surface area contributed by atoms with Gasteiger partial charge in [-0.2, -0.15) is 11.1 Å². The fourth-order valence-electron chi connectivity index (χ4n) is 3.96. The van der Waals surface area contributed by atoms with Crippen molar-refractivity contribution in [2.75, 3.05) is 0 Å². The van der Waals surface area contributed by atoms with E-state index < -0.39 is 0 Å². The zero-order valence-electron chi connectivity index (χ0n) is 10.6. The van der Waals surface area contributed by atoms with Gasteiger partial charge >= 0.3 is 0 Å². The molecule has 0 spiro atoms. The summed E-state index contributed by atoms with van der Waals surface area (Å²) in [6.45, 7) is 0. The molecule has 0 bridgehead atoms. The monoisotopic (exact) mass is 258 g/mol. The Labute approximate surface area is 108 Å². The third kappa shape index (κ3) is 3.50. The molecule has 2 unspecified atom stereocenters. The Bertz CT molecular complexity index is 187. The molecular weight excluding hydrogens is 232 g/mol. The van der Waals surface area contributed by atoms with Gasteiger partial charge < -0.3 is 0 Å². The molecule has 2 heteroatoms. The van der Waals surface area contributed by atoms with Crippen LogP contribution in [0, 0.1) is 11.8 Å². The van der Waals surface area contributed by atoms with Gasteiger partial charge in [-0.3, -0.25) is 0 Å². The van der Waals surface area contributed by atoms with Crippen molar-refractivity contribution in [2.45, 2.75) is 76.2 Å². The smallest absolute Gasteiger partial charge is 0.128 e. The Morgan fingerprint density at radius 1 is 0.688 bits per heavy atom. The lowest BCUT2D eigenvalue weighted by atomic mass is 9.81. The first-order chi connectivity index (χ1) is 7.92. The standard InChI is InChI=1S/C14H27ClSi/c15-16-14-11-7-3-6-10-13(14)12-8-4-1-2-5-9-12/h12-14H,1-11,16H2. The molecule has 0 aromatic heterocycles. The second kappa shape index (κ2) is 7.06. The molecule has 2 fully saturated rings. The molecule has 94 valence electrons. The second-order valence-corrected chi connectivity index (χ2v) is 8.25. The van der Waals surface area contributed by atoms with Crippen LogP contribution in [0.4, 0.5) is 0 Å². The van der Waals surface area contributed by atoms with Crippen molar-refractivity contribution in [3.63, 3.8) is 0 Å². The highest BCUT2D eigenvalue weighted by molar-refractivity contribution is 6.94. The fraction of sp³-hybridized carbons (Fsp3) is 1.00. The van der Waals surface area contributed by atoms with Crippen LogP contribution < -0.4 is 0 Å². The van der Waals surface area contributed by atoms with Crippen LogP contribution in [0.5, 0.6) is 0 Å². The summed E-state index contributed by atoms with van der Waals surface area (Å²) < 4.78 is 0. The third-order valence-corrected chi connectivity index (χ3v) is 7.52. The van der Waals surface area contributed by atoms with Crippen LogP contribution in [0.3, 0.4) is 0 Å². The Kier molecular flexibility index (Phi) is 5.71. The fourth-order valence-corrected chi connectivity index (χ4v) is 6.41. The largest absolute Gasteiger partial charge is 0.176 e. The quantitative estimate of drug-likeness (QED) is 0.384. The minimum Gasteiger partial charge on any atom is -0.176 e. The summed E-state index contributed by atoms with van der Waals surface area (Å²) in [4.78, 5) is 0. The topological polar surface area (TPSA) is 0 Å². The van der Waals surface area contributed by atoms with Crippen LogP contribution in [0.25, 0.3) is 0 Å². The van der Waals surface area contributed by atoms with Crippen molar-refractivity contribution in [3.8, 4) is 0 Å². The first-order valence-electron chi connectivity index (χ1n) is 7.48. The van der Waals surface area contributed by atoms with E-state index in [0.717, 1.165) is 17.4 Å². The van der Waals surface area contributed by atoms with E-state index in [1.165, 1.54) is 70.6 Å². The van der Waals surface area contributed by atoms with Crippen LogP contribution in [0.2, 0.25) is 5.54 Å². The number of hydrogen-bond donors (Lipinski definition) is 0. The van der Waals surface area contributed by atoms with Crippen LogP contribution in [-0.2, 0) is 0 Å². The predicted octanol–water partition coefficient (Wildman–Crippen LogP) is 4.65. The molecule has 0 heterocycles. The lowest BCUT2D eigenvalue weighted by molar-refractivity contribution is 0.269. The molecule has 2 aliphatic carbocycles. The van der Waals surface area contributed by atoms with Gasteiger partial charge in [0, 0.05) is 0 Å². The molecule has 0 aromatic rings. The molecule has 0 aliphatic heterocycles. The summed E-state index contributed by atoms with van der Waals surface area (Å²) in [5.74, 6) is 2.08. The number of halogens is 1. The van der Waals surface area contributed by atoms with Gasteiger partial charge in [0.25, 0.3) is 0 Å². The molecule has 0 aromatic carbocycles. The van der Waals surface area contributed by atoms with Crippen molar-refractivity contribution in [3.05, 3.63) is 0 Å². The summed E-state index contributed by atoms with van der Waals surface area (Å²) in [7, 11) is -0.286. The number of hydrogen-bond acceptors (Lipinski definition) is 0. The zero-order chi connectivity index (χ0) is 11.2. The SMILES string of the molecule is Cl[SiH2]C1CCCCCC1C1CCCCCC1. The maximum atomic E-state index is 6.35. The van der Waals surface area contributed by atoms with E-state index >= 15 is 0 Å². The third-order valence-electron chi connectivity index (χ3n) is 4.92. The summed E-state index contributed by atoms with van der Waals surface area (Å²) in [6.07, 6.45) is 16.4. The van der Waals surface area contributed by atoms with Gasteiger partial charge in [0.05, 0.1) is 0 Å². The van der Waals surface area contributed by atoms with Gasteiger partial charge in [0.15, 0.2) is 0 Å². The average molecular weight is 259 g/mol. The average Bonchev–Trinajstić information content (AvgIpc) is 2.70. The van der Waals surface area contributed by atoms with E-state index in [1.54, 1.807) is 0 Å². The molecule has 2 rings (SSSR count). The highest BCUT2D eigenvalue weighted by Gasteiger charge is 2.30. The minimum atomic E-state index is -0.286. The van der Waals surface area contributed by atoms with Crippen LogP contribution in [-0.4, -0.2) is 8.83 Å². The van der Waals surface area contributed by atoms with E-state index in [0.29, 0.717) is 0 Å². The van der Waals surface area contributed by atoms with Gasteiger partial charge in [-0.05, 0) is 17.4 Å². The van der Waals surface area contributed by atoms with Gasteiger partial charge in [-0.15, -0.1) is 0 Å². The molecular formula is C14H27ClSi. The normalized spacial score (nSPS) is 35.1. The molecule has 0 amide bonds. The predicted molar refractivity (Wildman–Crippen MR) is 75.9 cm³/mol. The van der Waals surface area contributed by atoms with Crippen LogP contribution in [0.15, 0.2) is 0 Å².